The number of hydrogen-bond acceptors (Lipinski definition) is 2. The van der Waals surface area contributed by atoms with Gasteiger partial charge in [0.05, 0.1) is 5.69 Å². The highest BCUT2D eigenvalue weighted by Gasteiger charge is 2.30. The fourth-order valence-electron chi connectivity index (χ4n) is 2.56. The quantitative estimate of drug-likeness (QED) is 0.843. The first kappa shape index (κ1) is 12.7. The maximum absolute atomic E-state index is 4.23. The third-order valence-corrected chi connectivity index (χ3v) is 4.44. The van der Waals surface area contributed by atoms with E-state index in [2.05, 4.69) is 63.5 Å². The maximum Gasteiger partial charge on any atom is 0.129 e. The molecule has 2 nitrogen and oxygen atoms in total. The number of nitrogens with zero attached hydrogens (tertiary/aromatic N) is 1. The van der Waals surface area contributed by atoms with Crippen molar-refractivity contribution in [3.8, 4) is 0 Å². The molecule has 1 aromatic carbocycles. The zero-order chi connectivity index (χ0) is 13.2. The van der Waals surface area contributed by atoms with E-state index in [0.717, 1.165) is 10.3 Å². The summed E-state index contributed by atoms with van der Waals surface area (Å²) in [5.41, 5.74) is 3.89. The van der Waals surface area contributed by atoms with E-state index in [0.29, 0.717) is 12.0 Å². The van der Waals surface area contributed by atoms with E-state index in [4.69, 9.17) is 0 Å². The van der Waals surface area contributed by atoms with Crippen molar-refractivity contribution in [2.45, 2.75) is 31.7 Å². The lowest BCUT2D eigenvalue weighted by Gasteiger charge is -2.37. The summed E-state index contributed by atoms with van der Waals surface area (Å²) in [7, 11) is 0. The van der Waals surface area contributed by atoms with E-state index in [1.807, 2.05) is 6.07 Å². The van der Waals surface area contributed by atoms with Crippen LogP contribution in [0.5, 0.6) is 0 Å². The number of aryl methyl sites for hydroxylation is 1. The molecule has 3 heteroatoms. The Labute approximate surface area is 122 Å². The standard InChI is InChI=1S/C16H17BrN2/c1-11-4-6-12(7-5-11)13-9-14(10-13)19-15-3-2-8-18-16(15)17/h2-8,13-14,19H,9-10H2,1H3. The van der Waals surface area contributed by atoms with Gasteiger partial charge in [-0.2, -0.15) is 0 Å². The van der Waals surface area contributed by atoms with Crippen molar-refractivity contribution in [2.75, 3.05) is 5.32 Å². The lowest BCUT2D eigenvalue weighted by atomic mass is 9.75. The van der Waals surface area contributed by atoms with Crippen LogP contribution in [0.4, 0.5) is 5.69 Å². The average Bonchev–Trinajstić information content (AvgIpc) is 2.37. The minimum atomic E-state index is 0.562. The van der Waals surface area contributed by atoms with Gasteiger partial charge < -0.3 is 5.32 Å². The van der Waals surface area contributed by atoms with Crippen LogP contribution in [0.25, 0.3) is 0 Å². The van der Waals surface area contributed by atoms with Gasteiger partial charge in [-0.25, -0.2) is 4.98 Å². The molecule has 98 valence electrons. The van der Waals surface area contributed by atoms with E-state index < -0.39 is 0 Å². The smallest absolute Gasteiger partial charge is 0.129 e. The molecule has 3 rings (SSSR count). The van der Waals surface area contributed by atoms with Crippen LogP contribution in [0, 0.1) is 6.92 Å². The van der Waals surface area contributed by atoms with Gasteiger partial charge in [0.25, 0.3) is 0 Å². The number of pyridine rings is 1. The van der Waals surface area contributed by atoms with E-state index in [-0.39, 0.29) is 0 Å². The van der Waals surface area contributed by atoms with E-state index in [1.54, 1.807) is 6.20 Å². The second kappa shape index (κ2) is 5.33. The van der Waals surface area contributed by atoms with E-state index >= 15 is 0 Å². The Morgan fingerprint density at radius 3 is 2.58 bits per heavy atom. The highest BCUT2D eigenvalue weighted by molar-refractivity contribution is 9.10. The van der Waals surface area contributed by atoms with Crippen LogP contribution in [0.3, 0.4) is 0 Å². The Morgan fingerprint density at radius 1 is 1.16 bits per heavy atom. The number of benzene rings is 1. The Morgan fingerprint density at radius 2 is 1.89 bits per heavy atom. The van der Waals surface area contributed by atoms with Gasteiger partial charge in [-0.15, -0.1) is 0 Å². The summed E-state index contributed by atoms with van der Waals surface area (Å²) in [5.74, 6) is 0.702. The fraction of sp³-hybridized carbons (Fsp3) is 0.312. The summed E-state index contributed by atoms with van der Waals surface area (Å²) in [6.45, 7) is 2.13. The van der Waals surface area contributed by atoms with Gasteiger partial charge in [0.1, 0.15) is 4.60 Å². The highest BCUT2D eigenvalue weighted by atomic mass is 79.9. The van der Waals surface area contributed by atoms with Gasteiger partial charge in [0, 0.05) is 12.2 Å². The second-order valence-electron chi connectivity index (χ2n) is 5.26. The Hall–Kier alpha value is -1.35. The molecule has 1 saturated carbocycles. The molecule has 0 saturated heterocycles. The normalized spacial score (nSPS) is 21.8. The van der Waals surface area contributed by atoms with Crippen molar-refractivity contribution < 1.29 is 0 Å². The number of aromatic nitrogens is 1. The molecule has 0 amide bonds. The largest absolute Gasteiger partial charge is 0.380 e. The van der Waals surface area contributed by atoms with Gasteiger partial charge in [0.2, 0.25) is 0 Å². The molecule has 1 aliphatic rings. The highest BCUT2D eigenvalue weighted by Crippen LogP contribution is 2.39. The third-order valence-electron chi connectivity index (χ3n) is 3.81. The molecule has 0 unspecified atom stereocenters. The number of rotatable bonds is 3. The number of halogens is 1. The molecule has 0 aliphatic heterocycles. The van der Waals surface area contributed by atoms with Crippen LogP contribution in [0.1, 0.15) is 29.9 Å². The van der Waals surface area contributed by atoms with Crippen molar-refractivity contribution in [3.63, 3.8) is 0 Å². The van der Waals surface area contributed by atoms with E-state index in [1.165, 1.54) is 24.0 Å². The summed E-state index contributed by atoms with van der Waals surface area (Å²) in [6, 6.07) is 13.5. The lowest BCUT2D eigenvalue weighted by molar-refractivity contribution is 0.374. The molecule has 0 spiro atoms. The molecule has 1 N–H and O–H groups in total. The minimum Gasteiger partial charge on any atom is -0.380 e. The summed E-state index contributed by atoms with van der Waals surface area (Å²) >= 11 is 3.47. The Balaban J connectivity index is 1.58. The number of hydrogen-bond donors (Lipinski definition) is 1. The molecular formula is C16H17BrN2. The third kappa shape index (κ3) is 2.81. The topological polar surface area (TPSA) is 24.9 Å². The summed E-state index contributed by atoms with van der Waals surface area (Å²) in [5, 5.41) is 3.55. The van der Waals surface area contributed by atoms with Gasteiger partial charge >= 0.3 is 0 Å². The zero-order valence-corrected chi connectivity index (χ0v) is 12.5. The van der Waals surface area contributed by atoms with Crippen molar-refractivity contribution in [2.24, 2.45) is 0 Å². The summed E-state index contributed by atoms with van der Waals surface area (Å²) in [4.78, 5) is 4.23. The first-order valence-corrected chi connectivity index (χ1v) is 7.45. The van der Waals surface area contributed by atoms with E-state index in [9.17, 15) is 0 Å². The number of anilines is 1. The molecule has 1 heterocycles. The minimum absolute atomic E-state index is 0.562. The molecule has 1 fully saturated rings. The maximum atomic E-state index is 4.23. The van der Waals surface area contributed by atoms with Crippen LogP contribution < -0.4 is 5.32 Å². The van der Waals surface area contributed by atoms with Gasteiger partial charge in [-0.3, -0.25) is 0 Å². The van der Waals surface area contributed by atoms with Crippen molar-refractivity contribution >= 4 is 21.6 Å². The van der Waals surface area contributed by atoms with Gasteiger partial charge in [-0.05, 0) is 59.3 Å². The predicted octanol–water partition coefficient (Wildman–Crippen LogP) is 4.51. The monoisotopic (exact) mass is 316 g/mol. The second-order valence-corrected chi connectivity index (χ2v) is 6.01. The molecule has 19 heavy (non-hydrogen) atoms. The van der Waals surface area contributed by atoms with Crippen molar-refractivity contribution in [3.05, 3.63) is 58.3 Å². The fourth-order valence-corrected chi connectivity index (χ4v) is 2.92. The molecular weight excluding hydrogens is 300 g/mol. The molecule has 0 atom stereocenters. The Bertz CT molecular complexity index is 559. The first-order valence-electron chi connectivity index (χ1n) is 6.66. The van der Waals surface area contributed by atoms with Crippen LogP contribution >= 0.6 is 15.9 Å². The average molecular weight is 317 g/mol. The van der Waals surface area contributed by atoms with Gasteiger partial charge in [0.15, 0.2) is 0 Å². The SMILES string of the molecule is Cc1ccc(C2CC(Nc3cccnc3Br)C2)cc1. The van der Waals surface area contributed by atoms with Crippen LogP contribution in [0.15, 0.2) is 47.2 Å². The molecule has 0 bridgehead atoms. The Kier molecular flexibility index (Phi) is 3.56. The first-order chi connectivity index (χ1) is 9.22. The van der Waals surface area contributed by atoms with Crippen molar-refractivity contribution in [1.29, 1.82) is 0 Å². The summed E-state index contributed by atoms with van der Waals surface area (Å²) in [6.07, 6.45) is 4.19. The lowest BCUT2D eigenvalue weighted by Crippen LogP contribution is -2.34. The van der Waals surface area contributed by atoms with Crippen molar-refractivity contribution in [1.82, 2.24) is 4.98 Å². The van der Waals surface area contributed by atoms with Gasteiger partial charge in [-0.1, -0.05) is 29.8 Å². The zero-order valence-electron chi connectivity index (χ0n) is 10.9. The predicted molar refractivity (Wildman–Crippen MR) is 82.5 cm³/mol. The summed E-state index contributed by atoms with van der Waals surface area (Å²) < 4.78 is 0.897. The molecule has 1 aliphatic carbocycles. The van der Waals surface area contributed by atoms with Crippen LogP contribution in [-0.4, -0.2) is 11.0 Å². The van der Waals surface area contributed by atoms with Crippen LogP contribution in [0.2, 0.25) is 0 Å². The van der Waals surface area contributed by atoms with Crippen LogP contribution in [-0.2, 0) is 0 Å². The molecule has 0 radical (unpaired) electrons. The molecule has 2 aromatic rings. The molecule has 1 aromatic heterocycles. The number of nitrogens with one attached hydrogen (secondary N) is 1.